The molecule has 7 nitrogen and oxygen atoms in total. The molecule has 2 heterocycles. The number of nitrogens with two attached hydrogens (primary N) is 1. The van der Waals surface area contributed by atoms with Crippen molar-refractivity contribution in [2.24, 2.45) is 5.73 Å². The molecule has 8 heteroatoms. The highest BCUT2D eigenvalue weighted by Crippen LogP contribution is 2.15. The van der Waals surface area contributed by atoms with Gasteiger partial charge in [-0.15, -0.1) is 0 Å². The Kier molecular flexibility index (Phi) is 3.93. The summed E-state index contributed by atoms with van der Waals surface area (Å²) in [4.78, 5) is 4.08. The summed E-state index contributed by atoms with van der Waals surface area (Å²) in [6, 6.07) is 2.70. The van der Waals surface area contributed by atoms with E-state index in [9.17, 15) is 8.42 Å². The number of nitrogens with zero attached hydrogens (tertiary/aromatic N) is 2. The number of H-pyrrole nitrogens is 1. The van der Waals surface area contributed by atoms with Crippen LogP contribution in [0.3, 0.4) is 0 Å². The van der Waals surface area contributed by atoms with Crippen LogP contribution in [0.4, 0.5) is 0 Å². The van der Waals surface area contributed by atoms with E-state index in [1.54, 1.807) is 25.4 Å². The maximum atomic E-state index is 12.1. The molecule has 0 aliphatic heterocycles. The van der Waals surface area contributed by atoms with Gasteiger partial charge in [0.1, 0.15) is 4.90 Å². The summed E-state index contributed by atoms with van der Waals surface area (Å²) in [7, 11) is -3.61. The van der Waals surface area contributed by atoms with Crippen molar-refractivity contribution in [1.82, 2.24) is 19.9 Å². The summed E-state index contributed by atoms with van der Waals surface area (Å²) in [6.07, 6.45) is 4.51. The molecule has 2 aromatic heterocycles. The number of nitrogens with one attached hydrogen (secondary N) is 2. The van der Waals surface area contributed by atoms with E-state index in [0.717, 1.165) is 5.56 Å². The molecule has 1 atom stereocenters. The molecule has 0 bridgehead atoms. The van der Waals surface area contributed by atoms with Gasteiger partial charge in [0.05, 0.1) is 11.9 Å². The first-order valence-corrected chi connectivity index (χ1v) is 7.17. The normalized spacial score (nSPS) is 13.4. The van der Waals surface area contributed by atoms with E-state index in [2.05, 4.69) is 19.9 Å². The molecule has 0 saturated carbocycles. The van der Waals surface area contributed by atoms with Crippen molar-refractivity contribution in [3.8, 4) is 0 Å². The molecular formula is C11H15N5O2S. The Balaban J connectivity index is 2.17. The minimum absolute atomic E-state index is 0.111. The van der Waals surface area contributed by atoms with Crippen LogP contribution in [0.15, 0.2) is 35.6 Å². The molecule has 0 saturated heterocycles. The predicted molar refractivity (Wildman–Crippen MR) is 69.5 cm³/mol. The highest BCUT2D eigenvalue weighted by atomic mass is 32.2. The molecule has 0 spiro atoms. The van der Waals surface area contributed by atoms with Crippen molar-refractivity contribution in [3.05, 3.63) is 42.0 Å². The summed E-state index contributed by atoms with van der Waals surface area (Å²) < 4.78 is 26.8. The van der Waals surface area contributed by atoms with E-state index in [-0.39, 0.29) is 17.5 Å². The van der Waals surface area contributed by atoms with Crippen LogP contribution in [0.25, 0.3) is 0 Å². The fourth-order valence-corrected chi connectivity index (χ4v) is 2.73. The second-order valence-corrected chi connectivity index (χ2v) is 5.78. The van der Waals surface area contributed by atoms with Gasteiger partial charge in [0.25, 0.3) is 0 Å². The van der Waals surface area contributed by atoms with Crippen LogP contribution >= 0.6 is 0 Å². The van der Waals surface area contributed by atoms with Gasteiger partial charge in [0.15, 0.2) is 0 Å². The van der Waals surface area contributed by atoms with Gasteiger partial charge in [0, 0.05) is 30.5 Å². The zero-order valence-electron chi connectivity index (χ0n) is 10.4. The van der Waals surface area contributed by atoms with Gasteiger partial charge in [-0.05, 0) is 19.1 Å². The predicted octanol–water partition coefficient (Wildman–Crippen LogP) is 0.303. The standard InChI is InChI=1S/C11H15N5O2S/c1-8(9-5-14-15-6-9)16-19(17,18)11-3-2-10(4-12)13-7-11/h2-3,5-8,16H,4,12H2,1H3,(H,14,15). The molecule has 102 valence electrons. The van der Waals surface area contributed by atoms with Crippen LogP contribution < -0.4 is 10.5 Å². The maximum Gasteiger partial charge on any atom is 0.242 e. The average molecular weight is 281 g/mol. The SMILES string of the molecule is CC(NS(=O)(=O)c1ccc(CN)nc1)c1cn[nH]c1. The summed E-state index contributed by atoms with van der Waals surface area (Å²) in [5.74, 6) is 0. The molecule has 4 N–H and O–H groups in total. The third-order valence-electron chi connectivity index (χ3n) is 2.67. The Labute approximate surface area is 111 Å². The number of pyridine rings is 1. The fraction of sp³-hybridized carbons (Fsp3) is 0.273. The second kappa shape index (κ2) is 5.47. The number of aromatic amines is 1. The van der Waals surface area contributed by atoms with Crippen molar-refractivity contribution in [3.63, 3.8) is 0 Å². The van der Waals surface area contributed by atoms with Crippen LogP contribution in [-0.2, 0) is 16.6 Å². The summed E-state index contributed by atoms with van der Waals surface area (Å²) in [6.45, 7) is 2.02. The summed E-state index contributed by atoms with van der Waals surface area (Å²) in [5.41, 5.74) is 6.82. The van der Waals surface area contributed by atoms with Crippen LogP contribution in [-0.4, -0.2) is 23.6 Å². The van der Waals surface area contributed by atoms with Gasteiger partial charge in [-0.3, -0.25) is 10.1 Å². The molecule has 1 unspecified atom stereocenters. The van der Waals surface area contributed by atoms with Crippen molar-refractivity contribution in [2.75, 3.05) is 0 Å². The first-order valence-electron chi connectivity index (χ1n) is 5.69. The Hall–Kier alpha value is -1.77. The molecule has 0 aromatic carbocycles. The Morgan fingerprint density at radius 1 is 1.42 bits per heavy atom. The fourth-order valence-electron chi connectivity index (χ4n) is 1.56. The van der Waals surface area contributed by atoms with Crippen molar-refractivity contribution in [1.29, 1.82) is 0 Å². The van der Waals surface area contributed by atoms with Gasteiger partial charge < -0.3 is 5.73 Å². The third-order valence-corrected chi connectivity index (χ3v) is 4.19. The molecule has 0 radical (unpaired) electrons. The molecule has 2 aromatic rings. The van der Waals surface area contributed by atoms with Crippen molar-refractivity contribution >= 4 is 10.0 Å². The Bertz CT molecular complexity index is 622. The van der Waals surface area contributed by atoms with E-state index in [4.69, 9.17) is 5.73 Å². The summed E-state index contributed by atoms with van der Waals surface area (Å²) >= 11 is 0. The summed E-state index contributed by atoms with van der Waals surface area (Å²) in [5, 5.41) is 6.42. The maximum absolute atomic E-state index is 12.1. The lowest BCUT2D eigenvalue weighted by atomic mass is 10.2. The van der Waals surface area contributed by atoms with Gasteiger partial charge in [0.2, 0.25) is 10.0 Å². The minimum atomic E-state index is -3.61. The van der Waals surface area contributed by atoms with Crippen LogP contribution in [0.1, 0.15) is 24.2 Å². The first-order chi connectivity index (χ1) is 9.03. The third kappa shape index (κ3) is 3.16. The smallest absolute Gasteiger partial charge is 0.242 e. The zero-order chi connectivity index (χ0) is 13.9. The van der Waals surface area contributed by atoms with E-state index in [1.165, 1.54) is 12.3 Å². The second-order valence-electron chi connectivity index (χ2n) is 4.06. The van der Waals surface area contributed by atoms with Gasteiger partial charge in [-0.25, -0.2) is 13.1 Å². The highest BCUT2D eigenvalue weighted by Gasteiger charge is 2.19. The zero-order valence-corrected chi connectivity index (χ0v) is 11.2. The quantitative estimate of drug-likeness (QED) is 0.729. The topological polar surface area (TPSA) is 114 Å². The molecule has 0 aliphatic rings. The van der Waals surface area contributed by atoms with Crippen LogP contribution in [0.2, 0.25) is 0 Å². The van der Waals surface area contributed by atoms with Crippen LogP contribution in [0.5, 0.6) is 0 Å². The van der Waals surface area contributed by atoms with Gasteiger partial charge in [-0.1, -0.05) is 0 Å². The highest BCUT2D eigenvalue weighted by molar-refractivity contribution is 7.89. The van der Waals surface area contributed by atoms with Crippen molar-refractivity contribution in [2.45, 2.75) is 24.4 Å². The molecular weight excluding hydrogens is 266 g/mol. The lowest BCUT2D eigenvalue weighted by molar-refractivity contribution is 0.566. The molecule has 2 rings (SSSR count). The van der Waals surface area contributed by atoms with E-state index < -0.39 is 10.0 Å². The monoisotopic (exact) mass is 281 g/mol. The van der Waals surface area contributed by atoms with E-state index in [0.29, 0.717) is 5.69 Å². The number of hydrogen-bond acceptors (Lipinski definition) is 5. The van der Waals surface area contributed by atoms with Gasteiger partial charge in [-0.2, -0.15) is 5.10 Å². The number of rotatable bonds is 5. The number of sulfonamides is 1. The molecule has 0 fully saturated rings. The Morgan fingerprint density at radius 2 is 2.21 bits per heavy atom. The largest absolute Gasteiger partial charge is 0.325 e. The first kappa shape index (κ1) is 13.7. The molecule has 0 amide bonds. The minimum Gasteiger partial charge on any atom is -0.325 e. The Morgan fingerprint density at radius 3 is 2.74 bits per heavy atom. The lowest BCUT2D eigenvalue weighted by Gasteiger charge is -2.12. The van der Waals surface area contributed by atoms with Crippen molar-refractivity contribution < 1.29 is 8.42 Å². The van der Waals surface area contributed by atoms with Crippen LogP contribution in [0, 0.1) is 0 Å². The van der Waals surface area contributed by atoms with E-state index in [1.807, 2.05) is 0 Å². The number of aromatic nitrogens is 3. The van der Waals surface area contributed by atoms with E-state index >= 15 is 0 Å². The number of hydrogen-bond donors (Lipinski definition) is 3. The lowest BCUT2D eigenvalue weighted by Crippen LogP contribution is -2.26. The molecule has 0 aliphatic carbocycles. The van der Waals surface area contributed by atoms with Gasteiger partial charge >= 0.3 is 0 Å². The molecule has 19 heavy (non-hydrogen) atoms. The average Bonchev–Trinajstić information content (AvgIpc) is 2.92.